The smallest absolute Gasteiger partial charge is 0.319 e. The summed E-state index contributed by atoms with van der Waals surface area (Å²) in [5.74, 6) is -1.07. The fourth-order valence-corrected chi connectivity index (χ4v) is 8.17. The average molecular weight is 646 g/mol. The minimum absolute atomic E-state index is 0.0130. The highest BCUT2D eigenvalue weighted by atomic mass is 19.1. The summed E-state index contributed by atoms with van der Waals surface area (Å²) in [6.45, 7) is 8.74. The first kappa shape index (κ1) is 32.0. The first-order chi connectivity index (χ1) is 22.7. The molecule has 0 saturated carbocycles. The summed E-state index contributed by atoms with van der Waals surface area (Å²) in [4.78, 5) is 14.0. The van der Waals surface area contributed by atoms with Crippen LogP contribution in [0.1, 0.15) is 58.4 Å². The lowest BCUT2D eigenvalue weighted by Crippen LogP contribution is -2.51. The normalized spacial score (nSPS) is 23.7. The molecular formula is C37H45F2N5O3. The van der Waals surface area contributed by atoms with Gasteiger partial charge in [-0.2, -0.15) is 9.97 Å². The van der Waals surface area contributed by atoms with Gasteiger partial charge in [0.2, 0.25) is 0 Å². The molecule has 3 saturated heterocycles. The van der Waals surface area contributed by atoms with Crippen LogP contribution in [0, 0.1) is 11.6 Å². The van der Waals surface area contributed by atoms with Crippen molar-refractivity contribution in [3.05, 3.63) is 53.6 Å². The van der Waals surface area contributed by atoms with E-state index in [-0.39, 0.29) is 28.9 Å². The molecule has 0 amide bonds. The highest BCUT2D eigenvalue weighted by Gasteiger charge is 2.35. The molecule has 2 N–H and O–H groups in total. The molecule has 2 bridgehead atoms. The van der Waals surface area contributed by atoms with Crippen molar-refractivity contribution in [1.29, 1.82) is 0 Å². The number of likely N-dealkylation sites (tertiary alicyclic amines) is 1. The van der Waals surface area contributed by atoms with Crippen molar-refractivity contribution in [3.63, 3.8) is 0 Å². The lowest BCUT2D eigenvalue weighted by atomic mass is 9.92. The molecule has 3 aliphatic heterocycles. The van der Waals surface area contributed by atoms with Gasteiger partial charge in [0, 0.05) is 56.3 Å². The van der Waals surface area contributed by atoms with Gasteiger partial charge in [-0.1, -0.05) is 25.1 Å². The summed E-state index contributed by atoms with van der Waals surface area (Å²) in [7, 11) is 1.75. The summed E-state index contributed by atoms with van der Waals surface area (Å²) >= 11 is 0. The van der Waals surface area contributed by atoms with Crippen LogP contribution in [0.4, 0.5) is 14.6 Å². The first-order valence-corrected chi connectivity index (χ1v) is 17.1. The van der Waals surface area contributed by atoms with Gasteiger partial charge < -0.3 is 24.8 Å². The number of aromatic hydroxyl groups is 1. The largest absolute Gasteiger partial charge is 0.508 e. The number of anilines is 1. The number of phenolic OH excluding ortho intramolecular Hbond substituents is 1. The molecule has 4 heterocycles. The molecule has 5 atom stereocenters. The van der Waals surface area contributed by atoms with Crippen LogP contribution < -0.4 is 15.0 Å². The summed E-state index contributed by atoms with van der Waals surface area (Å²) < 4.78 is 45.0. The Bertz CT molecular complexity index is 1780. The maximum atomic E-state index is 16.9. The van der Waals surface area contributed by atoms with E-state index in [1.165, 1.54) is 12.1 Å². The highest BCUT2D eigenvalue weighted by Crippen LogP contribution is 2.41. The number of halogens is 2. The fraction of sp³-hybridized carbons (Fsp3) is 0.514. The van der Waals surface area contributed by atoms with Crippen LogP contribution in [0.15, 0.2) is 36.4 Å². The van der Waals surface area contributed by atoms with Crippen molar-refractivity contribution in [3.8, 4) is 22.9 Å². The minimum atomic E-state index is -0.786. The van der Waals surface area contributed by atoms with Gasteiger partial charge >= 0.3 is 6.01 Å². The molecule has 3 aromatic carbocycles. The van der Waals surface area contributed by atoms with Crippen molar-refractivity contribution >= 4 is 27.5 Å². The lowest BCUT2D eigenvalue weighted by molar-refractivity contribution is 0.0714. The number of phenols is 1. The number of piperazine rings is 1. The Morgan fingerprint density at radius 1 is 1.06 bits per heavy atom. The van der Waals surface area contributed by atoms with E-state index in [4.69, 9.17) is 14.5 Å². The van der Waals surface area contributed by atoms with Gasteiger partial charge in [0.1, 0.15) is 29.5 Å². The predicted molar refractivity (Wildman–Crippen MR) is 181 cm³/mol. The van der Waals surface area contributed by atoms with Crippen molar-refractivity contribution in [2.45, 2.75) is 89.6 Å². The van der Waals surface area contributed by atoms with Crippen molar-refractivity contribution in [2.24, 2.45) is 0 Å². The van der Waals surface area contributed by atoms with Gasteiger partial charge in [-0.3, -0.25) is 4.90 Å². The van der Waals surface area contributed by atoms with E-state index < -0.39 is 11.6 Å². The van der Waals surface area contributed by atoms with Gasteiger partial charge in [-0.25, -0.2) is 8.78 Å². The Morgan fingerprint density at radius 3 is 2.60 bits per heavy atom. The Kier molecular flexibility index (Phi) is 8.93. The molecule has 10 heteroatoms. The van der Waals surface area contributed by atoms with Gasteiger partial charge in [0.25, 0.3) is 0 Å². The number of aryl methyl sites for hydroxylation is 1. The second-order valence-corrected chi connectivity index (χ2v) is 13.6. The molecule has 0 aliphatic carbocycles. The van der Waals surface area contributed by atoms with E-state index in [0.29, 0.717) is 79.0 Å². The third-order valence-electron chi connectivity index (χ3n) is 10.6. The van der Waals surface area contributed by atoms with Crippen molar-refractivity contribution in [2.75, 3.05) is 38.3 Å². The third kappa shape index (κ3) is 6.11. The molecule has 7 rings (SSSR count). The van der Waals surface area contributed by atoms with E-state index in [9.17, 15) is 5.11 Å². The molecule has 8 nitrogen and oxygen atoms in total. The Morgan fingerprint density at radius 2 is 1.85 bits per heavy atom. The number of methoxy groups -OCH3 is 1. The van der Waals surface area contributed by atoms with Gasteiger partial charge in [0.15, 0.2) is 5.82 Å². The highest BCUT2D eigenvalue weighted by molar-refractivity contribution is 6.03. The van der Waals surface area contributed by atoms with E-state index in [2.05, 4.69) is 33.9 Å². The van der Waals surface area contributed by atoms with Crippen molar-refractivity contribution < 1.29 is 23.4 Å². The SMILES string of the molecule is CCc1cccc2cc(O)cc(-c3c(F)cc4c(N5CC6CCC(C5)N6)nc(OCCN5C(C)CCC5CC(C)OC)nc4c3F)c12. The number of benzene rings is 3. The fourth-order valence-electron chi connectivity index (χ4n) is 8.17. The molecule has 47 heavy (non-hydrogen) atoms. The Labute approximate surface area is 275 Å². The third-order valence-corrected chi connectivity index (χ3v) is 10.6. The van der Waals surface area contributed by atoms with Crippen molar-refractivity contribution in [1.82, 2.24) is 20.2 Å². The quantitative estimate of drug-likeness (QED) is 0.200. The zero-order valence-electron chi connectivity index (χ0n) is 27.7. The molecule has 250 valence electrons. The van der Waals surface area contributed by atoms with Crippen LogP contribution in [-0.4, -0.2) is 83.6 Å². The number of ether oxygens (including phenoxy) is 2. The average Bonchev–Trinajstić information content (AvgIpc) is 3.59. The molecule has 5 unspecified atom stereocenters. The van der Waals surface area contributed by atoms with Crippen LogP contribution in [0.2, 0.25) is 0 Å². The van der Waals surface area contributed by atoms with Crippen LogP contribution in [0.3, 0.4) is 0 Å². The Balaban J connectivity index is 1.29. The second kappa shape index (κ2) is 13.1. The molecule has 3 aliphatic rings. The van der Waals surface area contributed by atoms with E-state index in [0.717, 1.165) is 43.1 Å². The van der Waals surface area contributed by atoms with Gasteiger partial charge in [0.05, 0.1) is 11.7 Å². The predicted octanol–water partition coefficient (Wildman–Crippen LogP) is 6.59. The molecule has 0 spiro atoms. The van der Waals surface area contributed by atoms with Crippen LogP contribution in [-0.2, 0) is 11.2 Å². The van der Waals surface area contributed by atoms with Crippen LogP contribution in [0.25, 0.3) is 32.8 Å². The molecule has 1 aromatic heterocycles. The molecular weight excluding hydrogens is 600 g/mol. The number of hydrogen-bond donors (Lipinski definition) is 2. The number of nitrogens with one attached hydrogen (secondary N) is 1. The standard InChI is InChI=1S/C37H45F2N5O3/c1-5-23-7-6-8-24-16-28(45)17-29(32(23)24)33-31(38)18-30-35(34(33)39)41-37(42-36(30)43-19-25-10-11-26(20-43)40-25)47-14-13-44-21(2)9-12-27(44)15-22(3)46-4/h6-8,16-18,21-22,25-27,40,45H,5,9-15,19-20H2,1-4H3. The summed E-state index contributed by atoms with van der Waals surface area (Å²) in [6.07, 6.45) is 6.13. The van der Waals surface area contributed by atoms with Crippen LogP contribution in [0.5, 0.6) is 11.8 Å². The monoisotopic (exact) mass is 645 g/mol. The maximum absolute atomic E-state index is 16.9. The molecule has 3 fully saturated rings. The minimum Gasteiger partial charge on any atom is -0.508 e. The molecule has 0 radical (unpaired) electrons. The number of nitrogens with zero attached hydrogens (tertiary/aromatic N) is 4. The Hall–Kier alpha value is -3.60. The van der Waals surface area contributed by atoms with Gasteiger partial charge in [-0.15, -0.1) is 0 Å². The van der Waals surface area contributed by atoms with E-state index >= 15 is 8.78 Å². The number of fused-ring (bicyclic) bond motifs is 4. The second-order valence-electron chi connectivity index (χ2n) is 13.6. The summed E-state index contributed by atoms with van der Waals surface area (Å²) in [5.41, 5.74) is 1.04. The summed E-state index contributed by atoms with van der Waals surface area (Å²) in [6, 6.07) is 11.6. The zero-order chi connectivity index (χ0) is 32.8. The topological polar surface area (TPSA) is 83.0 Å². The summed E-state index contributed by atoms with van der Waals surface area (Å²) in [5, 5.41) is 16.0. The van der Waals surface area contributed by atoms with Crippen LogP contribution >= 0.6 is 0 Å². The zero-order valence-corrected chi connectivity index (χ0v) is 27.7. The number of aromatic nitrogens is 2. The van der Waals surface area contributed by atoms with E-state index in [1.54, 1.807) is 13.2 Å². The maximum Gasteiger partial charge on any atom is 0.319 e. The van der Waals surface area contributed by atoms with Gasteiger partial charge in [-0.05, 0) is 92.5 Å². The number of hydrogen-bond acceptors (Lipinski definition) is 8. The first-order valence-electron chi connectivity index (χ1n) is 17.1. The lowest BCUT2D eigenvalue weighted by Gasteiger charge is -2.34. The van der Waals surface area contributed by atoms with E-state index in [1.807, 2.05) is 25.1 Å². The molecule has 4 aromatic rings. The number of rotatable bonds is 10.